The fourth-order valence-corrected chi connectivity index (χ4v) is 3.25. The second-order valence-corrected chi connectivity index (χ2v) is 6.21. The molecule has 0 aromatic rings. The summed E-state index contributed by atoms with van der Waals surface area (Å²) in [4.78, 5) is 0. The highest BCUT2D eigenvalue weighted by Gasteiger charge is 2.35. The zero-order valence-corrected chi connectivity index (χ0v) is 11.2. The van der Waals surface area contributed by atoms with Crippen molar-refractivity contribution < 1.29 is 18.7 Å². The minimum atomic E-state index is -3.38. The summed E-state index contributed by atoms with van der Waals surface area (Å²) in [6.07, 6.45) is 0.729. The summed E-state index contributed by atoms with van der Waals surface area (Å²) in [5.41, 5.74) is 0. The Labute approximate surface area is 92.5 Å². The van der Waals surface area contributed by atoms with Crippen LogP contribution in [0.4, 0.5) is 0 Å². The molecule has 1 atom stereocenters. The molecule has 0 radical (unpaired) electrons. The molecule has 0 aliphatic heterocycles. The monoisotopic (exact) mass is 238 g/mol. The Kier molecular flexibility index (Phi) is 6.69. The summed E-state index contributed by atoms with van der Waals surface area (Å²) in [7, 11) is -3.38. The molecular weight excluding hydrogens is 215 g/mol. The topological polar surface area (TPSA) is 55.8 Å². The fraction of sp³-hybridized carbons (Fsp3) is 1.00. The lowest BCUT2D eigenvalue weighted by molar-refractivity contribution is 0.0979. The van der Waals surface area contributed by atoms with Crippen molar-refractivity contribution in [3.63, 3.8) is 0 Å². The van der Waals surface area contributed by atoms with Gasteiger partial charge in [-0.25, -0.2) is 0 Å². The maximum atomic E-state index is 12.2. The van der Waals surface area contributed by atoms with Gasteiger partial charge in [0.2, 0.25) is 0 Å². The van der Waals surface area contributed by atoms with Gasteiger partial charge in [0, 0.05) is 0 Å². The molecule has 0 aliphatic rings. The number of aliphatic hydroxyl groups is 1. The van der Waals surface area contributed by atoms with Gasteiger partial charge in [0.25, 0.3) is 0 Å². The van der Waals surface area contributed by atoms with E-state index in [0.717, 1.165) is 6.42 Å². The van der Waals surface area contributed by atoms with Crippen molar-refractivity contribution in [1.82, 2.24) is 0 Å². The molecule has 1 N–H and O–H groups in total. The van der Waals surface area contributed by atoms with Gasteiger partial charge in [-0.15, -0.1) is 0 Å². The van der Waals surface area contributed by atoms with Gasteiger partial charge < -0.3 is 14.2 Å². The third kappa shape index (κ3) is 5.67. The molecule has 0 bridgehead atoms. The highest BCUT2D eigenvalue weighted by molar-refractivity contribution is 7.54. The van der Waals surface area contributed by atoms with E-state index in [2.05, 4.69) is 0 Å². The first kappa shape index (κ1) is 15.1. The predicted molar refractivity (Wildman–Crippen MR) is 61.0 cm³/mol. The average molecular weight is 238 g/mol. The zero-order chi connectivity index (χ0) is 12.1. The molecule has 5 heteroatoms. The maximum absolute atomic E-state index is 12.2. The first-order valence-electron chi connectivity index (χ1n) is 5.46. The van der Waals surface area contributed by atoms with Crippen LogP contribution in [0.5, 0.6) is 0 Å². The van der Waals surface area contributed by atoms with E-state index < -0.39 is 13.4 Å². The van der Waals surface area contributed by atoms with Crippen LogP contribution in [0.1, 0.15) is 47.5 Å². The van der Waals surface area contributed by atoms with Crippen LogP contribution in [-0.2, 0) is 13.6 Å². The van der Waals surface area contributed by atoms with E-state index in [0.29, 0.717) is 6.42 Å². The van der Waals surface area contributed by atoms with Gasteiger partial charge in [-0.1, -0.05) is 13.3 Å². The van der Waals surface area contributed by atoms with Crippen LogP contribution in [0.25, 0.3) is 0 Å². The number of hydrogen-bond donors (Lipinski definition) is 1. The van der Waals surface area contributed by atoms with Crippen LogP contribution in [-0.4, -0.2) is 23.2 Å². The van der Waals surface area contributed by atoms with E-state index in [-0.39, 0.29) is 12.2 Å². The third-order valence-electron chi connectivity index (χ3n) is 1.63. The zero-order valence-electron chi connectivity index (χ0n) is 10.3. The molecule has 0 fully saturated rings. The van der Waals surface area contributed by atoms with Gasteiger partial charge >= 0.3 is 7.60 Å². The summed E-state index contributed by atoms with van der Waals surface area (Å²) in [5.74, 6) is -1.02. The Morgan fingerprint density at radius 3 is 1.80 bits per heavy atom. The Bertz CT molecular complexity index is 201. The van der Waals surface area contributed by atoms with Crippen molar-refractivity contribution in [2.24, 2.45) is 0 Å². The lowest BCUT2D eigenvalue weighted by atomic mass is 10.4. The molecule has 0 saturated heterocycles. The SMILES string of the molecule is CCC[C@@H](O)P(=O)(OC(C)C)OC(C)C. The minimum Gasteiger partial charge on any atom is -0.380 e. The summed E-state index contributed by atoms with van der Waals surface area (Å²) >= 11 is 0. The molecule has 0 aliphatic carbocycles. The van der Waals surface area contributed by atoms with Gasteiger partial charge in [0.1, 0.15) is 0 Å². The second kappa shape index (κ2) is 6.64. The predicted octanol–water partition coefficient (Wildman–Crippen LogP) is 3.15. The number of rotatable bonds is 7. The first-order valence-corrected chi connectivity index (χ1v) is 7.07. The van der Waals surface area contributed by atoms with Crippen molar-refractivity contribution >= 4 is 7.60 Å². The molecule has 0 saturated carbocycles. The molecule has 92 valence electrons. The van der Waals surface area contributed by atoms with Crippen molar-refractivity contribution in [1.29, 1.82) is 0 Å². The van der Waals surface area contributed by atoms with Gasteiger partial charge in [0.05, 0.1) is 12.2 Å². The van der Waals surface area contributed by atoms with E-state index in [4.69, 9.17) is 9.05 Å². The summed E-state index contributed by atoms with van der Waals surface area (Å²) < 4.78 is 22.7. The van der Waals surface area contributed by atoms with E-state index in [9.17, 15) is 9.67 Å². The summed E-state index contributed by atoms with van der Waals surface area (Å²) in [6, 6.07) is 0. The molecule has 4 nitrogen and oxygen atoms in total. The van der Waals surface area contributed by atoms with Crippen LogP contribution in [0.15, 0.2) is 0 Å². The summed E-state index contributed by atoms with van der Waals surface area (Å²) in [6.45, 7) is 9.01. The largest absolute Gasteiger partial charge is 0.380 e. The Hall–Kier alpha value is 0.110. The van der Waals surface area contributed by atoms with Crippen LogP contribution >= 0.6 is 7.60 Å². The molecule has 0 heterocycles. The Morgan fingerprint density at radius 1 is 1.13 bits per heavy atom. The molecule has 0 amide bonds. The van der Waals surface area contributed by atoms with E-state index in [1.165, 1.54) is 0 Å². The highest BCUT2D eigenvalue weighted by Crippen LogP contribution is 2.55. The van der Waals surface area contributed by atoms with Crippen molar-refractivity contribution in [3.05, 3.63) is 0 Å². The molecule has 0 spiro atoms. The normalized spacial score (nSPS) is 14.9. The quantitative estimate of drug-likeness (QED) is 0.692. The maximum Gasteiger partial charge on any atom is 0.359 e. The van der Waals surface area contributed by atoms with Crippen LogP contribution in [0.2, 0.25) is 0 Å². The minimum absolute atomic E-state index is 0.221. The van der Waals surface area contributed by atoms with Crippen LogP contribution < -0.4 is 0 Å². The standard InChI is InChI=1S/C10H23O4P/c1-6-7-10(11)15(12,13-8(2)3)14-9(4)5/h8-11H,6-7H2,1-5H3/t10-/m0/s1. The van der Waals surface area contributed by atoms with Crippen LogP contribution in [0, 0.1) is 0 Å². The van der Waals surface area contributed by atoms with Gasteiger partial charge in [-0.3, -0.25) is 4.57 Å². The van der Waals surface area contributed by atoms with Crippen molar-refractivity contribution in [2.75, 3.05) is 0 Å². The Morgan fingerprint density at radius 2 is 1.53 bits per heavy atom. The van der Waals surface area contributed by atoms with E-state index >= 15 is 0 Å². The van der Waals surface area contributed by atoms with Gasteiger partial charge in [-0.2, -0.15) is 0 Å². The third-order valence-corrected chi connectivity index (χ3v) is 4.05. The smallest absolute Gasteiger partial charge is 0.359 e. The Balaban J connectivity index is 4.60. The molecule has 15 heavy (non-hydrogen) atoms. The molecule has 0 rings (SSSR count). The average Bonchev–Trinajstić information content (AvgIpc) is 2.01. The lowest BCUT2D eigenvalue weighted by Crippen LogP contribution is -2.17. The second-order valence-electron chi connectivity index (χ2n) is 4.12. The van der Waals surface area contributed by atoms with Gasteiger partial charge in [0.15, 0.2) is 5.85 Å². The summed E-state index contributed by atoms with van der Waals surface area (Å²) in [5, 5.41) is 9.75. The number of aliphatic hydroxyl groups excluding tert-OH is 1. The highest BCUT2D eigenvalue weighted by atomic mass is 31.2. The molecule has 0 aromatic heterocycles. The van der Waals surface area contributed by atoms with Gasteiger partial charge in [-0.05, 0) is 34.1 Å². The fourth-order valence-electron chi connectivity index (χ4n) is 1.17. The first-order chi connectivity index (χ1) is 6.81. The van der Waals surface area contributed by atoms with E-state index in [1.54, 1.807) is 27.7 Å². The lowest BCUT2D eigenvalue weighted by Gasteiger charge is -2.26. The number of hydrogen-bond acceptors (Lipinski definition) is 4. The molecular formula is C10H23O4P. The van der Waals surface area contributed by atoms with Crippen molar-refractivity contribution in [2.45, 2.75) is 65.5 Å². The van der Waals surface area contributed by atoms with E-state index in [1.807, 2.05) is 6.92 Å². The molecule has 0 aromatic carbocycles. The van der Waals surface area contributed by atoms with Crippen molar-refractivity contribution in [3.8, 4) is 0 Å². The molecule has 0 unspecified atom stereocenters. The van der Waals surface area contributed by atoms with Crippen LogP contribution in [0.3, 0.4) is 0 Å².